The molecule has 168 valence electrons. The lowest BCUT2D eigenvalue weighted by Gasteiger charge is -2.40. The second-order valence-electron chi connectivity index (χ2n) is 9.24. The fourth-order valence-electron chi connectivity index (χ4n) is 4.49. The van der Waals surface area contributed by atoms with Gasteiger partial charge in [-0.2, -0.15) is 0 Å². The summed E-state index contributed by atoms with van der Waals surface area (Å²) >= 11 is 0. The summed E-state index contributed by atoms with van der Waals surface area (Å²) in [5.41, 5.74) is 2.74. The van der Waals surface area contributed by atoms with Crippen molar-refractivity contribution in [2.24, 2.45) is 0 Å². The number of hydrogen-bond donors (Lipinski definition) is 0. The molecule has 0 N–H and O–H groups in total. The second-order valence-corrected chi connectivity index (χ2v) is 9.24. The lowest BCUT2D eigenvalue weighted by Crippen LogP contribution is -2.54. The minimum absolute atomic E-state index is 0.00278. The van der Waals surface area contributed by atoms with E-state index in [2.05, 4.69) is 50.3 Å². The van der Waals surface area contributed by atoms with Crippen LogP contribution in [0, 0.1) is 0 Å². The lowest BCUT2D eigenvalue weighted by atomic mass is 10.0. The molecule has 1 heterocycles. The molecule has 3 nitrogen and oxygen atoms in total. The molecular weight excluding hydrogens is 370 g/mol. The highest BCUT2D eigenvalue weighted by molar-refractivity contribution is 5.70. The number of carbonyl (C=O) groups excluding carboxylic acids is 1. The Morgan fingerprint density at radius 3 is 2.33 bits per heavy atom. The van der Waals surface area contributed by atoms with Crippen molar-refractivity contribution in [2.45, 2.75) is 84.5 Å². The number of piperidine rings is 1. The van der Waals surface area contributed by atoms with E-state index in [1.54, 1.807) is 0 Å². The number of esters is 1. The normalized spacial score (nSPS) is 16.4. The van der Waals surface area contributed by atoms with Gasteiger partial charge in [0.1, 0.15) is 0 Å². The molecule has 1 aromatic rings. The Kier molecular flexibility index (Phi) is 11.8. The molecule has 1 aliphatic heterocycles. The topological polar surface area (TPSA) is 26.3 Å². The highest BCUT2D eigenvalue weighted by Gasteiger charge is 2.32. The third-order valence-electron chi connectivity index (χ3n) is 6.39. The number of rotatable bonds is 14. The van der Waals surface area contributed by atoms with Crippen LogP contribution in [0.4, 0.5) is 0 Å². The van der Waals surface area contributed by atoms with Gasteiger partial charge in [-0.05, 0) is 50.7 Å². The van der Waals surface area contributed by atoms with Gasteiger partial charge in [-0.3, -0.25) is 0 Å². The van der Waals surface area contributed by atoms with Crippen molar-refractivity contribution < 1.29 is 14.0 Å². The summed E-state index contributed by atoms with van der Waals surface area (Å²) in [5.74, 6) is -0.00278. The van der Waals surface area contributed by atoms with Gasteiger partial charge in [0.15, 0.2) is 6.54 Å². The number of hydrogen-bond acceptors (Lipinski definition) is 2. The van der Waals surface area contributed by atoms with Crippen molar-refractivity contribution in [3.05, 3.63) is 47.5 Å². The monoisotopic (exact) mass is 414 g/mol. The molecule has 0 saturated carbocycles. The molecule has 0 atom stereocenters. The quantitative estimate of drug-likeness (QED) is 0.151. The average Bonchev–Trinajstić information content (AvgIpc) is 2.76. The number of unbranched alkanes of at least 4 members (excludes halogenated alkanes) is 6. The second kappa shape index (κ2) is 14.4. The molecule has 0 aromatic heterocycles. The number of likely N-dealkylation sites (tertiary alicyclic amines) is 1. The highest BCUT2D eigenvalue weighted by atomic mass is 16.5. The number of carbonyl (C=O) groups is 1. The minimum Gasteiger partial charge on any atom is -0.462 e. The first-order valence-corrected chi connectivity index (χ1v) is 12.3. The maximum atomic E-state index is 12.6. The standard InChI is InChI=1S/C27H44NO2/c1-3-4-5-6-7-8-15-22-30-27(29)24-28(19-13-10-14-20-28)21-18-25(2)23-26-16-11-9-12-17-26/h9,11-12,16-18H,3-8,10,13-15,19-24H2,1-2H3/q+1/b25-18+. The Hall–Kier alpha value is -1.61. The minimum atomic E-state index is -0.00278. The summed E-state index contributed by atoms with van der Waals surface area (Å²) in [7, 11) is 0. The fourth-order valence-corrected chi connectivity index (χ4v) is 4.49. The van der Waals surface area contributed by atoms with Crippen molar-refractivity contribution in [3.8, 4) is 0 Å². The Balaban J connectivity index is 1.75. The maximum Gasteiger partial charge on any atom is 0.361 e. The first kappa shape index (κ1) is 24.7. The van der Waals surface area contributed by atoms with Gasteiger partial charge in [0.25, 0.3) is 0 Å². The van der Waals surface area contributed by atoms with Gasteiger partial charge >= 0.3 is 5.97 Å². The largest absolute Gasteiger partial charge is 0.462 e. The summed E-state index contributed by atoms with van der Waals surface area (Å²) in [6.45, 7) is 8.74. The van der Waals surface area contributed by atoms with Gasteiger partial charge in [0.2, 0.25) is 0 Å². The van der Waals surface area contributed by atoms with E-state index in [0.29, 0.717) is 13.2 Å². The number of ether oxygens (including phenoxy) is 1. The summed E-state index contributed by atoms with van der Waals surface area (Å²) in [5, 5.41) is 0. The van der Waals surface area contributed by atoms with E-state index in [1.165, 1.54) is 68.9 Å². The van der Waals surface area contributed by atoms with E-state index >= 15 is 0 Å². The zero-order valence-electron chi connectivity index (χ0n) is 19.5. The summed E-state index contributed by atoms with van der Waals surface area (Å²) in [6, 6.07) is 10.6. The number of quaternary nitrogens is 1. The van der Waals surface area contributed by atoms with Crippen LogP contribution in [-0.2, 0) is 16.0 Å². The molecule has 3 heteroatoms. The SMILES string of the molecule is CCCCCCCCCOC(=O)C[N+]1(C/C=C(\C)Cc2ccccc2)CCCCC1. The van der Waals surface area contributed by atoms with Crippen LogP contribution in [0.3, 0.4) is 0 Å². The Morgan fingerprint density at radius 2 is 1.63 bits per heavy atom. The Labute approximate surface area is 185 Å². The molecule has 0 amide bonds. The van der Waals surface area contributed by atoms with Crippen LogP contribution in [0.2, 0.25) is 0 Å². The first-order valence-electron chi connectivity index (χ1n) is 12.3. The van der Waals surface area contributed by atoms with Crippen LogP contribution in [0.25, 0.3) is 0 Å². The van der Waals surface area contributed by atoms with E-state index < -0.39 is 0 Å². The third kappa shape index (κ3) is 9.93. The molecule has 0 bridgehead atoms. The van der Waals surface area contributed by atoms with Gasteiger partial charge in [-0.25, -0.2) is 4.79 Å². The summed E-state index contributed by atoms with van der Waals surface area (Å²) in [4.78, 5) is 12.6. The third-order valence-corrected chi connectivity index (χ3v) is 6.39. The maximum absolute atomic E-state index is 12.6. The molecule has 0 radical (unpaired) electrons. The molecule has 1 aromatic carbocycles. The molecule has 1 fully saturated rings. The van der Waals surface area contributed by atoms with Crippen molar-refractivity contribution in [3.63, 3.8) is 0 Å². The predicted molar refractivity (Wildman–Crippen MR) is 126 cm³/mol. The van der Waals surface area contributed by atoms with E-state index in [1.807, 2.05) is 0 Å². The molecule has 0 aliphatic carbocycles. The smallest absolute Gasteiger partial charge is 0.361 e. The predicted octanol–water partition coefficient (Wildman–Crippen LogP) is 6.47. The molecule has 0 unspecified atom stereocenters. The van der Waals surface area contributed by atoms with Crippen molar-refractivity contribution in [2.75, 3.05) is 32.8 Å². The highest BCUT2D eigenvalue weighted by Crippen LogP contribution is 2.20. The number of allylic oxidation sites excluding steroid dienone is 1. The Bertz CT molecular complexity index is 617. The molecule has 1 saturated heterocycles. The van der Waals surface area contributed by atoms with Crippen molar-refractivity contribution >= 4 is 5.97 Å². The van der Waals surface area contributed by atoms with Crippen LogP contribution in [0.15, 0.2) is 42.0 Å². The van der Waals surface area contributed by atoms with Crippen LogP contribution in [0.5, 0.6) is 0 Å². The van der Waals surface area contributed by atoms with Gasteiger partial charge in [0.05, 0.1) is 26.2 Å². The zero-order chi connectivity index (χ0) is 21.5. The fraction of sp³-hybridized carbons (Fsp3) is 0.667. The average molecular weight is 415 g/mol. The number of nitrogens with zero attached hydrogens (tertiary/aromatic N) is 1. The molecular formula is C27H44NO2+. The van der Waals surface area contributed by atoms with Crippen LogP contribution in [-0.4, -0.2) is 43.2 Å². The van der Waals surface area contributed by atoms with E-state index in [9.17, 15) is 4.79 Å². The number of benzene rings is 1. The van der Waals surface area contributed by atoms with E-state index in [-0.39, 0.29) is 5.97 Å². The summed E-state index contributed by atoms with van der Waals surface area (Å²) in [6.07, 6.45) is 15.8. The zero-order valence-corrected chi connectivity index (χ0v) is 19.5. The Morgan fingerprint density at radius 1 is 0.967 bits per heavy atom. The lowest BCUT2D eigenvalue weighted by molar-refractivity contribution is -0.920. The van der Waals surface area contributed by atoms with Gasteiger partial charge in [0, 0.05) is 0 Å². The molecule has 30 heavy (non-hydrogen) atoms. The summed E-state index contributed by atoms with van der Waals surface area (Å²) < 4.78 is 6.50. The van der Waals surface area contributed by atoms with E-state index in [4.69, 9.17) is 4.74 Å². The van der Waals surface area contributed by atoms with Crippen molar-refractivity contribution in [1.82, 2.24) is 0 Å². The first-order chi connectivity index (χ1) is 14.6. The van der Waals surface area contributed by atoms with Crippen LogP contribution < -0.4 is 0 Å². The van der Waals surface area contributed by atoms with Gasteiger partial charge in [-0.1, -0.05) is 81.4 Å². The van der Waals surface area contributed by atoms with Crippen molar-refractivity contribution in [1.29, 1.82) is 0 Å². The molecule has 1 aliphatic rings. The van der Waals surface area contributed by atoms with Gasteiger partial charge in [-0.15, -0.1) is 0 Å². The van der Waals surface area contributed by atoms with Gasteiger partial charge < -0.3 is 9.22 Å². The van der Waals surface area contributed by atoms with Crippen LogP contribution in [0.1, 0.15) is 83.6 Å². The molecule has 2 rings (SSSR count). The van der Waals surface area contributed by atoms with Crippen LogP contribution >= 0.6 is 0 Å². The van der Waals surface area contributed by atoms with E-state index in [0.717, 1.165) is 37.0 Å². The molecule has 0 spiro atoms.